The maximum Gasteiger partial charge on any atom is 0.0772 e. The molecule has 0 aliphatic carbocycles. The molecule has 1 aromatic heterocycles. The quantitative estimate of drug-likeness (QED) is 0.718. The van der Waals surface area contributed by atoms with Gasteiger partial charge in [-0.05, 0) is 60.5 Å². The molecule has 2 nitrogen and oxygen atoms in total. The summed E-state index contributed by atoms with van der Waals surface area (Å²) in [6.45, 7) is 6.40. The fourth-order valence-corrected chi connectivity index (χ4v) is 2.28. The second-order valence-electron chi connectivity index (χ2n) is 4.70. The first-order chi connectivity index (χ1) is 8.56. The minimum atomic E-state index is 0.485. The van der Waals surface area contributed by atoms with E-state index >= 15 is 0 Å². The van der Waals surface area contributed by atoms with Gasteiger partial charge in [0.25, 0.3) is 0 Å². The van der Waals surface area contributed by atoms with E-state index in [9.17, 15) is 0 Å². The van der Waals surface area contributed by atoms with Crippen LogP contribution in [0.5, 0.6) is 0 Å². The highest BCUT2D eigenvalue weighted by Gasteiger charge is 1.99. The van der Waals surface area contributed by atoms with Gasteiger partial charge in [0.2, 0.25) is 0 Å². The van der Waals surface area contributed by atoms with Crippen molar-refractivity contribution in [2.75, 3.05) is 0 Å². The fourth-order valence-electron chi connectivity index (χ4n) is 1.69. The molecule has 2 rings (SSSR count). The van der Waals surface area contributed by atoms with Gasteiger partial charge in [0.15, 0.2) is 0 Å². The third-order valence-electron chi connectivity index (χ3n) is 2.79. The van der Waals surface area contributed by atoms with E-state index in [-0.39, 0.29) is 0 Å². The molecule has 0 aliphatic rings. The van der Waals surface area contributed by atoms with E-state index in [0.717, 1.165) is 15.7 Å². The summed E-state index contributed by atoms with van der Waals surface area (Å²) >= 11 is 3.53. The molecule has 0 saturated heterocycles. The lowest BCUT2D eigenvalue weighted by molar-refractivity contribution is 0.603. The van der Waals surface area contributed by atoms with Crippen LogP contribution in [0.1, 0.15) is 31.0 Å². The third kappa shape index (κ3) is 3.10. The van der Waals surface area contributed by atoms with Crippen LogP contribution in [0.3, 0.4) is 0 Å². The van der Waals surface area contributed by atoms with Gasteiger partial charge < -0.3 is 4.57 Å². The number of aliphatic imine (C=N–C) groups is 1. The molecule has 1 aromatic carbocycles. The molecule has 0 bridgehead atoms. The zero-order valence-corrected chi connectivity index (χ0v) is 12.5. The van der Waals surface area contributed by atoms with Crippen LogP contribution in [-0.4, -0.2) is 10.8 Å². The molecule has 0 amide bonds. The molecule has 0 spiro atoms. The topological polar surface area (TPSA) is 17.3 Å². The van der Waals surface area contributed by atoms with Crippen molar-refractivity contribution >= 4 is 27.8 Å². The smallest absolute Gasteiger partial charge is 0.0772 e. The van der Waals surface area contributed by atoms with E-state index in [2.05, 4.69) is 76.9 Å². The summed E-state index contributed by atoms with van der Waals surface area (Å²) in [5, 5.41) is 0. The molecular weight excluding hydrogens is 288 g/mol. The lowest BCUT2D eigenvalue weighted by atomic mass is 10.2. The predicted octanol–water partition coefficient (Wildman–Crippen LogP) is 4.89. The summed E-state index contributed by atoms with van der Waals surface area (Å²) in [6, 6.07) is 8.72. The average molecular weight is 305 g/mol. The van der Waals surface area contributed by atoms with Gasteiger partial charge in [0.1, 0.15) is 0 Å². The molecule has 2 aromatic rings. The van der Waals surface area contributed by atoms with Crippen molar-refractivity contribution in [1.29, 1.82) is 0 Å². The first-order valence-electron chi connectivity index (χ1n) is 6.04. The Labute approximate surface area is 116 Å². The number of halogens is 1. The molecule has 0 unspecified atom stereocenters. The van der Waals surface area contributed by atoms with Gasteiger partial charge in [0.05, 0.1) is 5.69 Å². The van der Waals surface area contributed by atoms with Gasteiger partial charge in [-0.25, -0.2) is 0 Å². The van der Waals surface area contributed by atoms with Crippen LogP contribution in [0.4, 0.5) is 5.69 Å². The summed E-state index contributed by atoms with van der Waals surface area (Å²) < 4.78 is 3.20. The first-order valence-corrected chi connectivity index (χ1v) is 6.83. The van der Waals surface area contributed by atoms with Gasteiger partial charge in [-0.15, -0.1) is 0 Å². The Morgan fingerprint density at radius 1 is 1.28 bits per heavy atom. The molecule has 0 N–H and O–H groups in total. The Hall–Kier alpha value is -1.35. The van der Waals surface area contributed by atoms with Gasteiger partial charge in [-0.2, -0.15) is 0 Å². The van der Waals surface area contributed by atoms with Crippen LogP contribution in [0.25, 0.3) is 0 Å². The largest absolute Gasteiger partial charge is 0.351 e. The SMILES string of the molecule is Cc1ccc(N=Cc2ccn(C(C)C)c2)c(Br)c1. The second kappa shape index (κ2) is 5.53. The molecular formula is C15H17BrN2. The van der Waals surface area contributed by atoms with Crippen LogP contribution >= 0.6 is 15.9 Å². The molecule has 0 saturated carbocycles. The number of hydrogen-bond acceptors (Lipinski definition) is 1. The molecule has 3 heteroatoms. The summed E-state index contributed by atoms with van der Waals surface area (Å²) in [7, 11) is 0. The molecule has 0 fully saturated rings. The van der Waals surface area contributed by atoms with Crippen LogP contribution < -0.4 is 0 Å². The van der Waals surface area contributed by atoms with E-state index in [1.807, 2.05) is 12.3 Å². The average Bonchev–Trinajstić information content (AvgIpc) is 2.76. The summed E-state index contributed by atoms with van der Waals surface area (Å²) in [5.41, 5.74) is 3.31. The molecule has 1 heterocycles. The van der Waals surface area contributed by atoms with Gasteiger partial charge in [0, 0.05) is 34.7 Å². The molecule has 18 heavy (non-hydrogen) atoms. The Balaban J connectivity index is 2.19. The van der Waals surface area contributed by atoms with Crippen molar-refractivity contribution in [3.63, 3.8) is 0 Å². The van der Waals surface area contributed by atoms with Crippen molar-refractivity contribution in [3.05, 3.63) is 52.3 Å². The van der Waals surface area contributed by atoms with Gasteiger partial charge >= 0.3 is 0 Å². The Kier molecular flexibility index (Phi) is 4.02. The number of hydrogen-bond donors (Lipinski definition) is 0. The Bertz CT molecular complexity index is 568. The number of aryl methyl sites for hydroxylation is 1. The van der Waals surface area contributed by atoms with Crippen molar-refractivity contribution in [2.45, 2.75) is 26.8 Å². The zero-order chi connectivity index (χ0) is 13.1. The molecule has 0 atom stereocenters. The number of rotatable bonds is 3. The zero-order valence-electron chi connectivity index (χ0n) is 10.9. The highest BCUT2D eigenvalue weighted by molar-refractivity contribution is 9.10. The molecule has 94 valence electrons. The minimum Gasteiger partial charge on any atom is -0.351 e. The van der Waals surface area contributed by atoms with Crippen LogP contribution in [0.15, 0.2) is 46.1 Å². The van der Waals surface area contributed by atoms with E-state index in [4.69, 9.17) is 0 Å². The van der Waals surface area contributed by atoms with Crippen molar-refractivity contribution in [1.82, 2.24) is 4.57 Å². The van der Waals surface area contributed by atoms with Crippen LogP contribution in [-0.2, 0) is 0 Å². The lowest BCUT2D eigenvalue weighted by Gasteiger charge is -2.04. The van der Waals surface area contributed by atoms with Gasteiger partial charge in [-0.1, -0.05) is 6.07 Å². The van der Waals surface area contributed by atoms with E-state index in [1.54, 1.807) is 0 Å². The maximum absolute atomic E-state index is 4.50. The molecule has 0 radical (unpaired) electrons. The number of aromatic nitrogens is 1. The predicted molar refractivity (Wildman–Crippen MR) is 81.0 cm³/mol. The number of benzene rings is 1. The summed E-state index contributed by atoms with van der Waals surface area (Å²) in [5.74, 6) is 0. The summed E-state index contributed by atoms with van der Waals surface area (Å²) in [4.78, 5) is 4.50. The maximum atomic E-state index is 4.50. The van der Waals surface area contributed by atoms with Crippen molar-refractivity contribution in [2.24, 2.45) is 4.99 Å². The summed E-state index contributed by atoms with van der Waals surface area (Å²) in [6.07, 6.45) is 6.08. The number of nitrogens with zero attached hydrogens (tertiary/aromatic N) is 2. The standard InChI is InChI=1S/C15H17BrN2/c1-11(2)18-7-6-13(10-18)9-17-15-5-4-12(3)8-14(15)16/h4-11H,1-3H3. The van der Waals surface area contributed by atoms with Crippen molar-refractivity contribution < 1.29 is 0 Å². The normalized spacial score (nSPS) is 11.6. The first kappa shape index (κ1) is 13.1. The second-order valence-corrected chi connectivity index (χ2v) is 5.55. The fraction of sp³-hybridized carbons (Fsp3) is 0.267. The molecule has 0 aliphatic heterocycles. The van der Waals surface area contributed by atoms with E-state index < -0.39 is 0 Å². The highest BCUT2D eigenvalue weighted by atomic mass is 79.9. The Morgan fingerprint density at radius 2 is 2.06 bits per heavy atom. The van der Waals surface area contributed by atoms with Crippen molar-refractivity contribution in [3.8, 4) is 0 Å². The highest BCUT2D eigenvalue weighted by Crippen LogP contribution is 2.26. The van der Waals surface area contributed by atoms with E-state index in [0.29, 0.717) is 6.04 Å². The Morgan fingerprint density at radius 3 is 2.67 bits per heavy atom. The van der Waals surface area contributed by atoms with Crippen LogP contribution in [0, 0.1) is 6.92 Å². The van der Waals surface area contributed by atoms with Gasteiger partial charge in [-0.3, -0.25) is 4.99 Å². The third-order valence-corrected chi connectivity index (χ3v) is 3.42. The monoisotopic (exact) mass is 304 g/mol. The lowest BCUT2D eigenvalue weighted by Crippen LogP contribution is -1.95. The minimum absolute atomic E-state index is 0.485. The van der Waals surface area contributed by atoms with E-state index in [1.165, 1.54) is 5.56 Å². The van der Waals surface area contributed by atoms with Crippen LogP contribution in [0.2, 0.25) is 0 Å².